The molecular formula is C36H39F4N5O3S. The molecule has 1 saturated carbocycles. The molecule has 0 bridgehead atoms. The second kappa shape index (κ2) is 14.8. The highest BCUT2D eigenvalue weighted by atomic mass is 32.1. The van der Waals surface area contributed by atoms with Gasteiger partial charge in [0.15, 0.2) is 5.75 Å². The highest BCUT2D eigenvalue weighted by Crippen LogP contribution is 2.44. The molecule has 0 radical (unpaired) electrons. The molecule has 0 unspecified atom stereocenters. The number of amides is 1. The fourth-order valence-electron chi connectivity index (χ4n) is 7.25. The number of rotatable bonds is 9. The van der Waals surface area contributed by atoms with Gasteiger partial charge in [0.2, 0.25) is 0 Å². The van der Waals surface area contributed by atoms with Gasteiger partial charge in [-0.3, -0.25) is 14.5 Å². The minimum absolute atomic E-state index is 0.0485. The van der Waals surface area contributed by atoms with Gasteiger partial charge in [-0.15, -0.1) is 11.3 Å². The first-order valence-corrected chi connectivity index (χ1v) is 17.3. The highest BCUT2D eigenvalue weighted by Gasteiger charge is 2.46. The molecule has 3 heterocycles. The normalized spacial score (nSPS) is 20.5. The number of nitrogens with zero attached hydrogens (tertiary/aromatic N) is 2. The van der Waals surface area contributed by atoms with E-state index < -0.39 is 24.3 Å². The van der Waals surface area contributed by atoms with Crippen molar-refractivity contribution in [3.8, 4) is 17.6 Å². The number of benzene rings is 2. The van der Waals surface area contributed by atoms with E-state index in [1.807, 2.05) is 6.07 Å². The molecule has 13 heteroatoms. The Morgan fingerprint density at radius 3 is 2.61 bits per heavy atom. The van der Waals surface area contributed by atoms with Gasteiger partial charge in [-0.1, -0.05) is 24.0 Å². The summed E-state index contributed by atoms with van der Waals surface area (Å²) in [6.45, 7) is 10.6. The lowest BCUT2D eigenvalue weighted by Gasteiger charge is -2.56. The molecule has 1 amide bonds. The Morgan fingerprint density at radius 1 is 1.16 bits per heavy atom. The molecule has 2 saturated heterocycles. The van der Waals surface area contributed by atoms with Crippen LogP contribution in [0.2, 0.25) is 0 Å². The first-order chi connectivity index (χ1) is 23.6. The van der Waals surface area contributed by atoms with Crippen LogP contribution in [0.25, 0.3) is 14.9 Å². The molecular weight excluding hydrogens is 658 g/mol. The number of anilines is 2. The van der Waals surface area contributed by atoms with Crippen molar-refractivity contribution in [3.05, 3.63) is 63.6 Å². The van der Waals surface area contributed by atoms with Crippen LogP contribution in [-0.4, -0.2) is 75.7 Å². The van der Waals surface area contributed by atoms with Gasteiger partial charge >= 0.3 is 12.9 Å². The molecule has 0 atom stereocenters. The number of likely N-dealkylation sites (tertiary alicyclic amines) is 1. The van der Waals surface area contributed by atoms with Crippen molar-refractivity contribution < 1.29 is 31.8 Å². The monoisotopic (exact) mass is 697 g/mol. The van der Waals surface area contributed by atoms with Crippen molar-refractivity contribution in [1.82, 2.24) is 10.2 Å². The zero-order valence-electron chi connectivity index (χ0n) is 27.3. The summed E-state index contributed by atoms with van der Waals surface area (Å²) in [6, 6.07) is 8.50. The van der Waals surface area contributed by atoms with E-state index in [4.69, 9.17) is 16.0 Å². The summed E-state index contributed by atoms with van der Waals surface area (Å²) in [5.41, 5.74) is 1.31. The van der Waals surface area contributed by atoms with Crippen molar-refractivity contribution in [2.24, 2.45) is 5.41 Å². The van der Waals surface area contributed by atoms with E-state index in [1.54, 1.807) is 12.1 Å². The van der Waals surface area contributed by atoms with Crippen LogP contribution in [0.5, 0.6) is 5.75 Å². The molecule has 260 valence electrons. The van der Waals surface area contributed by atoms with Crippen molar-refractivity contribution in [1.29, 1.82) is 0 Å². The Kier molecular flexibility index (Phi) is 10.5. The molecule has 1 aliphatic carbocycles. The maximum atomic E-state index is 14.7. The van der Waals surface area contributed by atoms with Gasteiger partial charge in [0.25, 0.3) is 5.91 Å². The van der Waals surface area contributed by atoms with Gasteiger partial charge in [-0.2, -0.15) is 13.2 Å². The van der Waals surface area contributed by atoms with Gasteiger partial charge in [0, 0.05) is 56.9 Å². The number of ether oxygens (including phenoxy) is 2. The van der Waals surface area contributed by atoms with E-state index in [9.17, 15) is 22.4 Å². The molecule has 8 nitrogen and oxygen atoms in total. The Bertz CT molecular complexity index is 1770. The minimum Gasteiger partial charge on any atom is -0.424 e. The number of hydrogen-bond donors (Lipinski definition) is 3. The Morgan fingerprint density at radius 2 is 1.92 bits per heavy atom. The molecule has 3 aromatic rings. The molecule has 3 fully saturated rings. The zero-order valence-corrected chi connectivity index (χ0v) is 28.1. The summed E-state index contributed by atoms with van der Waals surface area (Å²) >= 11 is 1.24. The topological polar surface area (TPSA) is 79.2 Å². The number of carbonyl (C=O) groups excluding carboxylic acids is 1. The number of fused-ring (bicyclic) bond motifs is 1. The maximum Gasteiger partial charge on any atom is 0.393 e. The van der Waals surface area contributed by atoms with Crippen LogP contribution in [-0.2, 0) is 11.2 Å². The van der Waals surface area contributed by atoms with E-state index in [1.165, 1.54) is 24.5 Å². The predicted octanol–water partition coefficient (Wildman–Crippen LogP) is 7.06. The van der Waals surface area contributed by atoms with Crippen LogP contribution < -0.4 is 20.7 Å². The van der Waals surface area contributed by atoms with Gasteiger partial charge in [-0.25, -0.2) is 11.0 Å². The number of alkyl halides is 3. The van der Waals surface area contributed by atoms with Gasteiger partial charge in [0.1, 0.15) is 5.82 Å². The van der Waals surface area contributed by atoms with Crippen molar-refractivity contribution in [2.75, 3.05) is 57.3 Å². The molecule has 3 aliphatic rings. The standard InChI is InChI=1S/C36H39F4N5O3S/c1-41-22-48-31-17-26(34(46)42-2)28(37)18-30(31)43-14-4-7-32-27(19-36(38,39)40)25-5-3-6-29(33(25)49-32)44-23-8-10-24(11-9-23)45-20-35(21-45)12-15-47-16-13-35/h3,5-6,17-18,23-24,43-44H,8-16,19-22H2,2H3,(H,42,46). The van der Waals surface area contributed by atoms with E-state index in [0.717, 1.165) is 81.3 Å². The third-order valence-corrected chi connectivity index (χ3v) is 11.0. The Hall–Kier alpha value is -4.04. The first kappa shape index (κ1) is 34.8. The van der Waals surface area contributed by atoms with Crippen LogP contribution >= 0.6 is 11.3 Å². The smallest absolute Gasteiger partial charge is 0.393 e. The lowest BCUT2D eigenvalue weighted by atomic mass is 9.71. The largest absolute Gasteiger partial charge is 0.424 e. The molecule has 2 aliphatic heterocycles. The predicted molar refractivity (Wildman–Crippen MR) is 183 cm³/mol. The molecule has 2 aromatic carbocycles. The number of thiophene rings is 1. The Labute approximate surface area is 287 Å². The fourth-order valence-corrected chi connectivity index (χ4v) is 8.42. The summed E-state index contributed by atoms with van der Waals surface area (Å²) in [6.07, 6.45) is 0.954. The van der Waals surface area contributed by atoms with Crippen LogP contribution in [0, 0.1) is 29.6 Å². The van der Waals surface area contributed by atoms with E-state index >= 15 is 0 Å². The van der Waals surface area contributed by atoms with Crippen LogP contribution in [0.1, 0.15) is 59.3 Å². The summed E-state index contributed by atoms with van der Waals surface area (Å²) in [5, 5.41) is 9.43. The van der Waals surface area contributed by atoms with E-state index in [2.05, 4.69) is 37.5 Å². The van der Waals surface area contributed by atoms with Crippen LogP contribution in [0.3, 0.4) is 0 Å². The van der Waals surface area contributed by atoms with Crippen LogP contribution in [0.15, 0.2) is 30.3 Å². The second-order valence-corrected chi connectivity index (χ2v) is 14.1. The molecule has 3 N–H and O–H groups in total. The minimum atomic E-state index is -4.43. The average molecular weight is 698 g/mol. The quantitative estimate of drug-likeness (QED) is 0.126. The van der Waals surface area contributed by atoms with E-state index in [-0.39, 0.29) is 41.9 Å². The van der Waals surface area contributed by atoms with E-state index in [0.29, 0.717) is 21.7 Å². The first-order valence-electron chi connectivity index (χ1n) is 16.5. The SMILES string of the molecule is [C-]#[N+]COc1cc(C(=O)NC)c(F)cc1NCC#Cc1sc2c(NC3CCC(N4CC5(CCOCC5)C4)CC3)cccc2c1CC(F)(F)F. The highest BCUT2D eigenvalue weighted by molar-refractivity contribution is 7.20. The van der Waals surface area contributed by atoms with Gasteiger partial charge in [-0.05, 0) is 61.6 Å². The summed E-state index contributed by atoms with van der Waals surface area (Å²) in [7, 11) is 1.37. The van der Waals surface area contributed by atoms with Crippen molar-refractivity contribution in [2.45, 2.75) is 63.2 Å². The summed E-state index contributed by atoms with van der Waals surface area (Å²) < 4.78 is 67.7. The van der Waals surface area contributed by atoms with Crippen molar-refractivity contribution >= 4 is 38.7 Å². The number of halogens is 4. The number of carbonyl (C=O) groups is 1. The summed E-state index contributed by atoms with van der Waals surface area (Å²) in [5.74, 6) is 4.40. The zero-order chi connectivity index (χ0) is 34.6. The molecule has 1 spiro atoms. The van der Waals surface area contributed by atoms with Crippen molar-refractivity contribution in [3.63, 3.8) is 0 Å². The molecule has 6 rings (SSSR count). The number of hydrogen-bond acceptors (Lipinski definition) is 7. The third-order valence-electron chi connectivity index (χ3n) is 9.79. The van der Waals surface area contributed by atoms with Gasteiger partial charge < -0.3 is 25.4 Å². The Balaban J connectivity index is 1.15. The maximum absolute atomic E-state index is 14.7. The average Bonchev–Trinajstić information content (AvgIpc) is 3.42. The molecule has 49 heavy (non-hydrogen) atoms. The second-order valence-electron chi connectivity index (χ2n) is 13.0. The fraction of sp³-hybridized carbons (Fsp3) is 0.500. The molecule has 1 aromatic heterocycles. The third kappa shape index (κ3) is 8.07. The lowest BCUT2D eigenvalue weighted by molar-refractivity contribution is -0.126. The van der Waals surface area contributed by atoms with Gasteiger partial charge in [0.05, 0.1) is 39.5 Å². The summed E-state index contributed by atoms with van der Waals surface area (Å²) in [4.78, 5) is 18.1. The van der Waals surface area contributed by atoms with Crippen LogP contribution in [0.4, 0.5) is 28.9 Å². The number of nitrogens with one attached hydrogen (secondary N) is 3. The lowest BCUT2D eigenvalue weighted by Crippen LogP contribution is -2.62.